The molecule has 1 aliphatic rings. The number of imidazole rings is 1. The van der Waals surface area contributed by atoms with Gasteiger partial charge in [-0.05, 0) is 35.4 Å². The average molecular weight is 661 g/mol. The Morgan fingerprint density at radius 1 is 0.976 bits per heavy atom. The van der Waals surface area contributed by atoms with Crippen molar-refractivity contribution in [3.8, 4) is 28.4 Å². The minimum atomic E-state index is -1.26. The van der Waals surface area contributed by atoms with Crippen LogP contribution in [0.3, 0.4) is 0 Å². The van der Waals surface area contributed by atoms with Crippen LogP contribution in [-0.2, 0) is 20.9 Å². The van der Waals surface area contributed by atoms with Crippen molar-refractivity contribution >= 4 is 46.8 Å². The van der Waals surface area contributed by atoms with E-state index in [4.69, 9.17) is 40.5 Å². The van der Waals surface area contributed by atoms with Gasteiger partial charge < -0.3 is 24.1 Å². The molecule has 41 heavy (non-hydrogen) atoms. The second-order valence-corrected chi connectivity index (χ2v) is 18.2. The molecule has 1 N–H and O–H groups in total. The summed E-state index contributed by atoms with van der Waals surface area (Å²) in [5, 5.41) is 9.69. The fraction of sp³-hybridized carbons (Fsp3) is 0.400. The SMILES string of the molecule is C[Si](C)(C)CCOCn1c(OC2COCC2OCCO)nc2cc(Cl)c(-c3ccc(-c4ccc(Br)cc4)cc3)nc21. The number of fused-ring (bicyclic) bond motifs is 1. The van der Waals surface area contributed by atoms with E-state index in [-0.39, 0.29) is 32.2 Å². The number of aliphatic hydroxyl groups is 1. The van der Waals surface area contributed by atoms with Crippen molar-refractivity contribution in [3.63, 3.8) is 0 Å². The summed E-state index contributed by atoms with van der Waals surface area (Å²) in [4.78, 5) is 9.70. The Hall–Kier alpha value is -2.31. The molecule has 2 unspecified atom stereocenters. The van der Waals surface area contributed by atoms with E-state index in [9.17, 15) is 5.11 Å². The molecule has 0 radical (unpaired) electrons. The summed E-state index contributed by atoms with van der Waals surface area (Å²) in [5.74, 6) is 0. The van der Waals surface area contributed by atoms with Gasteiger partial charge in [0.1, 0.15) is 18.4 Å². The van der Waals surface area contributed by atoms with Crippen LogP contribution in [-0.4, -0.2) is 73.0 Å². The lowest BCUT2D eigenvalue weighted by molar-refractivity contribution is -0.0197. The molecule has 2 aromatic carbocycles. The lowest BCUT2D eigenvalue weighted by Gasteiger charge is -2.20. The average Bonchev–Trinajstić information content (AvgIpc) is 3.52. The third kappa shape index (κ3) is 7.56. The molecule has 3 heterocycles. The van der Waals surface area contributed by atoms with E-state index in [2.05, 4.69) is 59.8 Å². The first-order chi connectivity index (χ1) is 19.7. The number of halogens is 2. The van der Waals surface area contributed by atoms with Crippen LogP contribution in [0.2, 0.25) is 30.7 Å². The van der Waals surface area contributed by atoms with Crippen LogP contribution in [0, 0.1) is 0 Å². The maximum atomic E-state index is 9.19. The summed E-state index contributed by atoms with van der Waals surface area (Å²) in [6.07, 6.45) is -0.681. The molecular formula is C30H35BrClN3O5Si. The molecule has 218 valence electrons. The molecule has 2 aromatic heterocycles. The lowest BCUT2D eigenvalue weighted by atomic mass is 10.0. The van der Waals surface area contributed by atoms with Gasteiger partial charge in [0.15, 0.2) is 11.8 Å². The topological polar surface area (TPSA) is 87.9 Å². The molecule has 0 bridgehead atoms. The minimum absolute atomic E-state index is 0.0675. The first-order valence-corrected chi connectivity index (χ1v) is 18.6. The number of aromatic nitrogens is 3. The van der Waals surface area contributed by atoms with Crippen LogP contribution in [0.5, 0.6) is 6.01 Å². The molecule has 11 heteroatoms. The van der Waals surface area contributed by atoms with Gasteiger partial charge in [0.2, 0.25) is 0 Å². The first kappa shape index (κ1) is 30.2. The van der Waals surface area contributed by atoms with Gasteiger partial charge in [-0.3, -0.25) is 4.57 Å². The zero-order chi connectivity index (χ0) is 29.0. The molecule has 1 fully saturated rings. The Morgan fingerprint density at radius 3 is 2.32 bits per heavy atom. The summed E-state index contributed by atoms with van der Waals surface area (Å²) < 4.78 is 26.6. The smallest absolute Gasteiger partial charge is 0.301 e. The van der Waals surface area contributed by atoms with Crippen molar-refractivity contribution in [2.45, 2.75) is 44.6 Å². The number of hydrogen-bond donors (Lipinski definition) is 1. The van der Waals surface area contributed by atoms with Crippen LogP contribution in [0.15, 0.2) is 59.1 Å². The quantitative estimate of drug-likeness (QED) is 0.135. The molecular weight excluding hydrogens is 626 g/mol. The molecule has 0 spiro atoms. The van der Waals surface area contributed by atoms with E-state index in [0.717, 1.165) is 27.2 Å². The fourth-order valence-electron chi connectivity index (χ4n) is 4.53. The van der Waals surface area contributed by atoms with Gasteiger partial charge in [0.05, 0.1) is 37.1 Å². The second kappa shape index (κ2) is 13.3. The standard InChI is InChI=1S/C30H35BrClN3O5Si/c1-41(2,3)15-14-37-19-35-29-25(33-30(35)40-27-18-38-17-26(27)39-13-12-36)16-24(32)28(34-29)22-6-4-20(5-7-22)21-8-10-23(31)11-9-21/h4-11,16,26-27,36H,12-15,17-19H2,1-3H3. The molecule has 0 aliphatic carbocycles. The Bertz CT molecular complexity index is 1460. The van der Waals surface area contributed by atoms with Crippen molar-refractivity contribution < 1.29 is 24.1 Å². The van der Waals surface area contributed by atoms with Gasteiger partial charge in [0.25, 0.3) is 0 Å². The summed E-state index contributed by atoms with van der Waals surface area (Å²) in [6, 6.07) is 19.6. The molecule has 0 saturated carbocycles. The highest BCUT2D eigenvalue weighted by atomic mass is 79.9. The van der Waals surface area contributed by atoms with Gasteiger partial charge in [0, 0.05) is 24.7 Å². The number of rotatable bonds is 12. The van der Waals surface area contributed by atoms with Crippen molar-refractivity contribution in [2.24, 2.45) is 0 Å². The van der Waals surface area contributed by atoms with E-state index in [0.29, 0.717) is 47.7 Å². The number of nitrogens with zero attached hydrogens (tertiary/aromatic N) is 3. The van der Waals surface area contributed by atoms with Crippen LogP contribution in [0.1, 0.15) is 0 Å². The molecule has 1 aliphatic heterocycles. The molecule has 4 aromatic rings. The van der Waals surface area contributed by atoms with Crippen molar-refractivity contribution in [2.75, 3.05) is 33.0 Å². The third-order valence-electron chi connectivity index (χ3n) is 6.85. The summed E-state index contributed by atoms with van der Waals surface area (Å²) in [7, 11) is -1.26. The third-order valence-corrected chi connectivity index (χ3v) is 9.37. The van der Waals surface area contributed by atoms with E-state index in [1.807, 2.05) is 34.9 Å². The van der Waals surface area contributed by atoms with Crippen LogP contribution in [0.25, 0.3) is 33.5 Å². The number of ether oxygens (including phenoxy) is 4. The molecule has 1 saturated heterocycles. The normalized spacial score (nSPS) is 17.4. The summed E-state index contributed by atoms with van der Waals surface area (Å²) in [5.41, 5.74) is 5.02. The van der Waals surface area contributed by atoms with E-state index in [1.54, 1.807) is 0 Å². The number of pyridine rings is 1. The van der Waals surface area contributed by atoms with Gasteiger partial charge in [-0.25, -0.2) is 4.98 Å². The molecule has 5 rings (SSSR count). The zero-order valence-corrected chi connectivity index (χ0v) is 26.8. The zero-order valence-electron chi connectivity index (χ0n) is 23.5. The number of hydrogen-bond acceptors (Lipinski definition) is 7. The van der Waals surface area contributed by atoms with Gasteiger partial charge in [-0.2, -0.15) is 4.98 Å². The van der Waals surface area contributed by atoms with Crippen LogP contribution in [0.4, 0.5) is 0 Å². The molecule has 0 amide bonds. The molecule has 2 atom stereocenters. The molecule has 8 nitrogen and oxygen atoms in total. The Balaban J connectivity index is 1.46. The summed E-state index contributed by atoms with van der Waals surface area (Å²) >= 11 is 10.2. The van der Waals surface area contributed by atoms with Gasteiger partial charge in [-0.1, -0.05) is 83.6 Å². The Kier molecular flexibility index (Phi) is 9.80. The highest BCUT2D eigenvalue weighted by molar-refractivity contribution is 9.10. The predicted molar refractivity (Wildman–Crippen MR) is 167 cm³/mol. The number of aliphatic hydroxyl groups excluding tert-OH is 1. The van der Waals surface area contributed by atoms with Crippen LogP contribution >= 0.6 is 27.5 Å². The van der Waals surface area contributed by atoms with E-state index in [1.165, 1.54) is 0 Å². The maximum Gasteiger partial charge on any atom is 0.301 e. The Morgan fingerprint density at radius 2 is 1.63 bits per heavy atom. The summed E-state index contributed by atoms with van der Waals surface area (Å²) in [6.45, 7) is 8.74. The van der Waals surface area contributed by atoms with Crippen molar-refractivity contribution in [1.82, 2.24) is 14.5 Å². The van der Waals surface area contributed by atoms with E-state index < -0.39 is 8.07 Å². The fourth-order valence-corrected chi connectivity index (χ4v) is 5.81. The largest absolute Gasteiger partial charge is 0.456 e. The lowest BCUT2D eigenvalue weighted by Crippen LogP contribution is -2.34. The van der Waals surface area contributed by atoms with Crippen molar-refractivity contribution in [1.29, 1.82) is 0 Å². The maximum absolute atomic E-state index is 9.19. The monoisotopic (exact) mass is 659 g/mol. The van der Waals surface area contributed by atoms with E-state index >= 15 is 0 Å². The highest BCUT2D eigenvalue weighted by Crippen LogP contribution is 2.33. The first-order valence-electron chi connectivity index (χ1n) is 13.7. The second-order valence-electron chi connectivity index (χ2n) is 11.2. The van der Waals surface area contributed by atoms with Crippen LogP contribution < -0.4 is 4.74 Å². The van der Waals surface area contributed by atoms with Gasteiger partial charge in [-0.15, -0.1) is 0 Å². The van der Waals surface area contributed by atoms with Crippen molar-refractivity contribution in [3.05, 3.63) is 64.1 Å². The minimum Gasteiger partial charge on any atom is -0.456 e. The predicted octanol–water partition coefficient (Wildman–Crippen LogP) is 6.65. The number of benzene rings is 2. The Labute approximate surface area is 254 Å². The van der Waals surface area contributed by atoms with Gasteiger partial charge >= 0.3 is 6.01 Å². The highest BCUT2D eigenvalue weighted by Gasteiger charge is 2.33.